The van der Waals surface area contributed by atoms with Gasteiger partial charge in [0.15, 0.2) is 5.69 Å². The Bertz CT molecular complexity index is 1390. The summed E-state index contributed by atoms with van der Waals surface area (Å²) in [6.45, 7) is 2.05. The van der Waals surface area contributed by atoms with Gasteiger partial charge in [0.1, 0.15) is 17.3 Å². The molecule has 0 saturated carbocycles. The van der Waals surface area contributed by atoms with Crippen molar-refractivity contribution in [1.29, 1.82) is 0 Å². The van der Waals surface area contributed by atoms with Gasteiger partial charge < -0.3 is 4.42 Å². The third kappa shape index (κ3) is 4.67. The number of hydrogen-bond acceptors (Lipinski definition) is 5. The van der Waals surface area contributed by atoms with Crippen LogP contribution < -0.4 is 16.4 Å². The SMILES string of the molecule is CCn1nc(C(=O)NNC(=O)CCc2ccc(-c3ccccc3F)o2)c2ccccc2c1=O. The third-order valence-electron chi connectivity index (χ3n) is 5.10. The molecular formula is C24H21FN4O4. The number of carbonyl (C=O) groups excluding carboxylic acids is 2. The van der Waals surface area contributed by atoms with Gasteiger partial charge in [0.25, 0.3) is 11.5 Å². The van der Waals surface area contributed by atoms with Crippen LogP contribution in [0.25, 0.3) is 22.1 Å². The van der Waals surface area contributed by atoms with E-state index in [0.717, 1.165) is 0 Å². The maximum atomic E-state index is 13.9. The van der Waals surface area contributed by atoms with Gasteiger partial charge in [-0.3, -0.25) is 25.2 Å². The molecule has 33 heavy (non-hydrogen) atoms. The number of hydrogen-bond donors (Lipinski definition) is 2. The Morgan fingerprint density at radius 1 is 1.00 bits per heavy atom. The molecule has 0 aliphatic rings. The Balaban J connectivity index is 1.38. The molecule has 2 aromatic heterocycles. The minimum absolute atomic E-state index is 0.0349. The van der Waals surface area contributed by atoms with E-state index in [1.165, 1.54) is 10.7 Å². The van der Waals surface area contributed by atoms with Crippen LogP contribution in [0.4, 0.5) is 4.39 Å². The minimum Gasteiger partial charge on any atom is -0.461 e. The highest BCUT2D eigenvalue weighted by atomic mass is 19.1. The lowest BCUT2D eigenvalue weighted by molar-refractivity contribution is -0.121. The van der Waals surface area contributed by atoms with Crippen LogP contribution in [-0.4, -0.2) is 21.6 Å². The zero-order valence-corrected chi connectivity index (χ0v) is 17.8. The summed E-state index contributed by atoms with van der Waals surface area (Å²) in [6.07, 6.45) is 0.297. The molecule has 0 unspecified atom stereocenters. The summed E-state index contributed by atoms with van der Waals surface area (Å²) in [4.78, 5) is 37.3. The second-order valence-electron chi connectivity index (χ2n) is 7.26. The Hall–Kier alpha value is -4.27. The predicted molar refractivity (Wildman–Crippen MR) is 120 cm³/mol. The lowest BCUT2D eigenvalue weighted by Crippen LogP contribution is -2.42. The number of aromatic nitrogens is 2. The van der Waals surface area contributed by atoms with Gasteiger partial charge in [-0.1, -0.05) is 30.3 Å². The van der Waals surface area contributed by atoms with Gasteiger partial charge in [0, 0.05) is 24.8 Å². The van der Waals surface area contributed by atoms with E-state index in [9.17, 15) is 18.8 Å². The molecule has 2 amide bonds. The molecule has 2 aromatic carbocycles. The van der Waals surface area contributed by atoms with Gasteiger partial charge in [-0.05, 0) is 37.3 Å². The van der Waals surface area contributed by atoms with Gasteiger partial charge in [0.05, 0.1) is 10.9 Å². The van der Waals surface area contributed by atoms with E-state index in [0.29, 0.717) is 34.4 Å². The smallest absolute Gasteiger partial charge is 0.290 e. The van der Waals surface area contributed by atoms with E-state index < -0.39 is 17.6 Å². The highest BCUT2D eigenvalue weighted by molar-refractivity contribution is 6.05. The summed E-state index contributed by atoms with van der Waals surface area (Å²) in [6, 6.07) is 16.2. The molecule has 9 heteroatoms. The lowest BCUT2D eigenvalue weighted by atomic mass is 10.1. The van der Waals surface area contributed by atoms with Crippen molar-refractivity contribution in [2.45, 2.75) is 26.3 Å². The zero-order valence-electron chi connectivity index (χ0n) is 17.8. The molecule has 0 aliphatic carbocycles. The fraction of sp³-hybridized carbons (Fsp3) is 0.167. The number of nitrogens with zero attached hydrogens (tertiary/aromatic N) is 2. The molecule has 4 aromatic rings. The molecule has 2 N–H and O–H groups in total. The summed E-state index contributed by atoms with van der Waals surface area (Å²) in [7, 11) is 0. The normalized spacial score (nSPS) is 10.8. The van der Waals surface area contributed by atoms with Crippen LogP contribution in [0.1, 0.15) is 29.6 Å². The Labute approximate surface area is 188 Å². The van der Waals surface area contributed by atoms with E-state index >= 15 is 0 Å². The number of hydrazine groups is 1. The summed E-state index contributed by atoms with van der Waals surface area (Å²) >= 11 is 0. The van der Waals surface area contributed by atoms with Crippen molar-refractivity contribution in [3.8, 4) is 11.3 Å². The maximum Gasteiger partial charge on any atom is 0.290 e. The summed E-state index contributed by atoms with van der Waals surface area (Å²) in [5.41, 5.74) is 4.77. The van der Waals surface area contributed by atoms with Crippen molar-refractivity contribution < 1.29 is 18.4 Å². The van der Waals surface area contributed by atoms with Crippen molar-refractivity contribution >= 4 is 22.6 Å². The van der Waals surface area contributed by atoms with Gasteiger partial charge in [0.2, 0.25) is 5.91 Å². The van der Waals surface area contributed by atoms with Crippen molar-refractivity contribution in [3.63, 3.8) is 0 Å². The van der Waals surface area contributed by atoms with E-state index in [-0.39, 0.29) is 24.1 Å². The van der Waals surface area contributed by atoms with Crippen LogP contribution >= 0.6 is 0 Å². The van der Waals surface area contributed by atoms with Crippen LogP contribution in [0, 0.1) is 5.82 Å². The number of benzene rings is 2. The summed E-state index contributed by atoms with van der Waals surface area (Å²) in [5.74, 6) is -0.588. The first-order chi connectivity index (χ1) is 16.0. The standard InChI is InChI=1S/C24H21FN4O4/c1-2-29-24(32)17-8-4-3-7-16(17)22(28-29)23(31)27-26-21(30)14-12-15-11-13-20(33-15)18-9-5-6-10-19(18)25/h3-11,13H,2,12,14H2,1H3,(H,26,30)(H,27,31). The quantitative estimate of drug-likeness (QED) is 0.441. The lowest BCUT2D eigenvalue weighted by Gasteiger charge is -2.10. The molecule has 0 saturated heterocycles. The molecule has 0 spiro atoms. The van der Waals surface area contributed by atoms with Crippen LogP contribution in [0.5, 0.6) is 0 Å². The van der Waals surface area contributed by atoms with Crippen molar-refractivity contribution in [2.75, 3.05) is 0 Å². The van der Waals surface area contributed by atoms with Gasteiger partial charge in [-0.25, -0.2) is 9.07 Å². The van der Waals surface area contributed by atoms with Crippen molar-refractivity contribution in [2.24, 2.45) is 0 Å². The number of carbonyl (C=O) groups is 2. The zero-order chi connectivity index (χ0) is 23.4. The second kappa shape index (κ2) is 9.47. The Kier molecular flexibility index (Phi) is 6.30. The average Bonchev–Trinajstić information content (AvgIpc) is 3.31. The Morgan fingerprint density at radius 3 is 2.48 bits per heavy atom. The molecule has 0 fully saturated rings. The first kappa shape index (κ1) is 21.9. The average molecular weight is 448 g/mol. The van der Waals surface area contributed by atoms with Crippen LogP contribution in [0.15, 0.2) is 69.9 Å². The fourth-order valence-electron chi connectivity index (χ4n) is 3.42. The first-order valence-electron chi connectivity index (χ1n) is 10.4. The third-order valence-corrected chi connectivity index (χ3v) is 5.10. The van der Waals surface area contributed by atoms with Gasteiger partial charge >= 0.3 is 0 Å². The highest BCUT2D eigenvalue weighted by Gasteiger charge is 2.17. The molecular weight excluding hydrogens is 427 g/mol. The molecule has 0 aliphatic heterocycles. The van der Waals surface area contributed by atoms with Gasteiger partial charge in [-0.15, -0.1) is 0 Å². The fourth-order valence-corrected chi connectivity index (χ4v) is 3.42. The number of rotatable bonds is 6. The molecule has 0 radical (unpaired) electrons. The molecule has 8 nitrogen and oxygen atoms in total. The van der Waals surface area contributed by atoms with Crippen LogP contribution in [0.3, 0.4) is 0 Å². The van der Waals surface area contributed by atoms with Crippen molar-refractivity contribution in [3.05, 3.63) is 88.3 Å². The number of halogens is 1. The van der Waals surface area contributed by atoms with E-state index in [1.54, 1.807) is 61.5 Å². The van der Waals surface area contributed by atoms with Gasteiger partial charge in [-0.2, -0.15) is 5.10 Å². The minimum atomic E-state index is -0.637. The van der Waals surface area contributed by atoms with E-state index in [2.05, 4.69) is 16.0 Å². The molecule has 4 rings (SSSR count). The monoisotopic (exact) mass is 448 g/mol. The second-order valence-corrected chi connectivity index (χ2v) is 7.26. The molecule has 2 heterocycles. The van der Waals surface area contributed by atoms with E-state index in [1.807, 2.05) is 0 Å². The number of amides is 2. The molecule has 0 atom stereocenters. The number of nitrogens with one attached hydrogen (secondary N) is 2. The predicted octanol–water partition coefficient (Wildman–Crippen LogP) is 3.21. The largest absolute Gasteiger partial charge is 0.461 e. The van der Waals surface area contributed by atoms with Crippen molar-refractivity contribution in [1.82, 2.24) is 20.6 Å². The Morgan fingerprint density at radius 2 is 1.73 bits per heavy atom. The molecule has 168 valence electrons. The number of furan rings is 1. The topological polar surface area (TPSA) is 106 Å². The molecule has 0 bridgehead atoms. The van der Waals surface area contributed by atoms with E-state index in [4.69, 9.17) is 4.42 Å². The first-order valence-corrected chi connectivity index (χ1v) is 10.4. The number of aryl methyl sites for hydroxylation is 2. The summed E-state index contributed by atoms with van der Waals surface area (Å²) in [5, 5.41) is 4.89. The summed E-state index contributed by atoms with van der Waals surface area (Å²) < 4.78 is 20.7. The van der Waals surface area contributed by atoms with Crippen LogP contribution in [0.2, 0.25) is 0 Å². The highest BCUT2D eigenvalue weighted by Crippen LogP contribution is 2.25. The maximum absolute atomic E-state index is 13.9. The number of fused-ring (bicyclic) bond motifs is 1. The van der Waals surface area contributed by atoms with Crippen LogP contribution in [-0.2, 0) is 17.8 Å².